The van der Waals surface area contributed by atoms with Gasteiger partial charge in [-0.25, -0.2) is 0 Å². The number of fused-ring (bicyclic) bond motifs is 1. The third kappa shape index (κ3) is 3.30. The molecule has 7 heteroatoms. The first-order valence-corrected chi connectivity index (χ1v) is 9.02. The Morgan fingerprint density at radius 3 is 2.79 bits per heavy atom. The molecule has 2 aromatic rings. The summed E-state index contributed by atoms with van der Waals surface area (Å²) in [7, 11) is 0. The maximum absolute atomic E-state index is 12.8. The van der Waals surface area contributed by atoms with Gasteiger partial charge in [0.1, 0.15) is 5.56 Å². The van der Waals surface area contributed by atoms with Crippen molar-refractivity contribution in [3.63, 3.8) is 0 Å². The Morgan fingerprint density at radius 1 is 1.33 bits per heavy atom. The van der Waals surface area contributed by atoms with E-state index in [1.807, 2.05) is 13.0 Å². The molecule has 2 heterocycles. The van der Waals surface area contributed by atoms with Crippen LogP contribution in [0.25, 0.3) is 0 Å². The van der Waals surface area contributed by atoms with Gasteiger partial charge in [-0.3, -0.25) is 14.4 Å². The Bertz CT molecular complexity index is 856. The fourth-order valence-corrected chi connectivity index (χ4v) is 3.96. The maximum Gasteiger partial charge on any atom is 0.261 e. The van der Waals surface area contributed by atoms with E-state index >= 15 is 0 Å². The molecular weight excluding hydrogens is 348 g/mol. The molecule has 0 unspecified atom stereocenters. The number of nitrogens with one attached hydrogen (secondary N) is 1. The molecule has 0 saturated carbocycles. The van der Waals surface area contributed by atoms with E-state index in [4.69, 9.17) is 11.6 Å². The van der Waals surface area contributed by atoms with E-state index in [2.05, 4.69) is 4.98 Å². The van der Waals surface area contributed by atoms with Crippen molar-refractivity contribution in [2.24, 2.45) is 0 Å². The SMILES string of the molecule is CCN(Cc1ccc(Cl)s1)C(=O)c1cc2c([nH]c1=O)CCCC2=O. The van der Waals surface area contributed by atoms with Gasteiger partial charge in [-0.05, 0) is 38.0 Å². The predicted octanol–water partition coefficient (Wildman–Crippen LogP) is 3.27. The summed E-state index contributed by atoms with van der Waals surface area (Å²) in [5.41, 5.74) is 0.699. The first-order valence-electron chi connectivity index (χ1n) is 7.82. The van der Waals surface area contributed by atoms with Crippen LogP contribution in [-0.2, 0) is 13.0 Å². The third-order valence-corrected chi connectivity index (χ3v) is 5.34. The van der Waals surface area contributed by atoms with Crippen molar-refractivity contribution in [2.75, 3.05) is 6.54 Å². The average molecular weight is 365 g/mol. The number of thiophene rings is 1. The molecule has 1 N–H and O–H groups in total. The summed E-state index contributed by atoms with van der Waals surface area (Å²) in [5.74, 6) is -0.390. The molecule has 1 aliphatic rings. The Morgan fingerprint density at radius 2 is 2.12 bits per heavy atom. The van der Waals surface area contributed by atoms with Crippen LogP contribution in [0.3, 0.4) is 0 Å². The van der Waals surface area contributed by atoms with Crippen LogP contribution >= 0.6 is 22.9 Å². The van der Waals surface area contributed by atoms with Gasteiger partial charge >= 0.3 is 0 Å². The molecular formula is C17H17ClN2O3S. The van der Waals surface area contributed by atoms with Gasteiger partial charge in [0.25, 0.3) is 11.5 Å². The van der Waals surface area contributed by atoms with Gasteiger partial charge in [0, 0.05) is 29.1 Å². The molecule has 0 saturated heterocycles. The summed E-state index contributed by atoms with van der Waals surface area (Å²) in [4.78, 5) is 42.3. The molecule has 0 bridgehead atoms. The Balaban J connectivity index is 1.91. The second-order valence-electron chi connectivity index (χ2n) is 5.71. The first kappa shape index (κ1) is 16.9. The molecule has 1 amide bonds. The molecule has 126 valence electrons. The highest BCUT2D eigenvalue weighted by molar-refractivity contribution is 7.16. The Kier molecular flexibility index (Phi) is 4.87. The van der Waals surface area contributed by atoms with E-state index in [1.165, 1.54) is 17.4 Å². The highest BCUT2D eigenvalue weighted by Crippen LogP contribution is 2.24. The van der Waals surface area contributed by atoms with E-state index in [9.17, 15) is 14.4 Å². The highest BCUT2D eigenvalue weighted by atomic mass is 35.5. The fourth-order valence-electron chi connectivity index (χ4n) is 2.86. The molecule has 0 atom stereocenters. The number of nitrogens with zero attached hydrogens (tertiary/aromatic N) is 1. The number of aromatic amines is 1. The lowest BCUT2D eigenvalue weighted by Crippen LogP contribution is -2.35. The van der Waals surface area contributed by atoms with Crippen LogP contribution in [0.15, 0.2) is 23.0 Å². The van der Waals surface area contributed by atoms with Crippen molar-refractivity contribution >= 4 is 34.6 Å². The van der Waals surface area contributed by atoms with Crippen molar-refractivity contribution in [1.82, 2.24) is 9.88 Å². The van der Waals surface area contributed by atoms with Crippen molar-refractivity contribution in [3.8, 4) is 0 Å². The van der Waals surface area contributed by atoms with E-state index in [-0.39, 0.29) is 17.3 Å². The van der Waals surface area contributed by atoms with Crippen LogP contribution in [0.5, 0.6) is 0 Å². The molecule has 3 rings (SSSR count). The molecule has 24 heavy (non-hydrogen) atoms. The van der Waals surface area contributed by atoms with Gasteiger partial charge in [0.05, 0.1) is 10.9 Å². The number of aromatic nitrogens is 1. The van der Waals surface area contributed by atoms with Crippen molar-refractivity contribution in [2.45, 2.75) is 32.7 Å². The van der Waals surface area contributed by atoms with Crippen molar-refractivity contribution < 1.29 is 9.59 Å². The standard InChI is InChI=1S/C17H17ClN2O3S/c1-2-20(9-10-6-7-15(18)24-10)17(23)12-8-11-13(19-16(12)22)4-3-5-14(11)21/h6-8H,2-5,9H2,1H3,(H,19,22). The normalized spacial score (nSPS) is 13.7. The lowest BCUT2D eigenvalue weighted by Gasteiger charge is -2.21. The first-order chi connectivity index (χ1) is 11.5. The lowest BCUT2D eigenvalue weighted by atomic mass is 9.93. The minimum absolute atomic E-state index is 0.0189. The number of halogens is 1. The summed E-state index contributed by atoms with van der Waals surface area (Å²) in [6, 6.07) is 5.11. The zero-order valence-electron chi connectivity index (χ0n) is 13.2. The summed E-state index contributed by atoms with van der Waals surface area (Å²) < 4.78 is 0.658. The van der Waals surface area contributed by atoms with Gasteiger partial charge in [0.2, 0.25) is 0 Å². The van der Waals surface area contributed by atoms with Crippen LogP contribution in [0, 0.1) is 0 Å². The van der Waals surface area contributed by atoms with E-state index < -0.39 is 5.56 Å². The summed E-state index contributed by atoms with van der Waals surface area (Å²) in [6.07, 6.45) is 1.85. The third-order valence-electron chi connectivity index (χ3n) is 4.13. The minimum Gasteiger partial charge on any atom is -0.334 e. The molecule has 0 fully saturated rings. The zero-order valence-corrected chi connectivity index (χ0v) is 14.8. The number of ketones is 1. The Hall–Kier alpha value is -1.92. The van der Waals surface area contributed by atoms with Gasteiger partial charge in [-0.2, -0.15) is 0 Å². The van der Waals surface area contributed by atoms with Crippen LogP contribution in [0.4, 0.5) is 0 Å². The smallest absolute Gasteiger partial charge is 0.261 e. The molecule has 0 spiro atoms. The quantitative estimate of drug-likeness (QED) is 0.905. The van der Waals surface area contributed by atoms with Crippen LogP contribution < -0.4 is 5.56 Å². The van der Waals surface area contributed by atoms with Gasteiger partial charge in [-0.15, -0.1) is 11.3 Å². The number of H-pyrrole nitrogens is 1. The zero-order chi connectivity index (χ0) is 17.3. The molecule has 0 radical (unpaired) electrons. The summed E-state index contributed by atoms with van der Waals surface area (Å²) >= 11 is 7.33. The second-order valence-corrected chi connectivity index (χ2v) is 7.51. The summed E-state index contributed by atoms with van der Waals surface area (Å²) in [6.45, 7) is 2.70. The number of carbonyl (C=O) groups excluding carboxylic acids is 2. The largest absolute Gasteiger partial charge is 0.334 e. The number of pyridine rings is 1. The van der Waals surface area contributed by atoms with Crippen LogP contribution in [0.1, 0.15) is 51.1 Å². The van der Waals surface area contributed by atoms with Gasteiger partial charge < -0.3 is 9.88 Å². The molecule has 0 aliphatic heterocycles. The van der Waals surface area contributed by atoms with Crippen molar-refractivity contribution in [1.29, 1.82) is 0 Å². The predicted molar refractivity (Wildman–Crippen MR) is 94.1 cm³/mol. The molecule has 2 aromatic heterocycles. The maximum atomic E-state index is 12.8. The van der Waals surface area contributed by atoms with Crippen LogP contribution in [0.2, 0.25) is 4.34 Å². The number of hydrogen-bond donors (Lipinski definition) is 1. The average Bonchev–Trinajstić information content (AvgIpc) is 2.97. The topological polar surface area (TPSA) is 70.2 Å². The van der Waals surface area contributed by atoms with Crippen LogP contribution in [-0.4, -0.2) is 28.1 Å². The number of aryl methyl sites for hydroxylation is 1. The molecule has 0 aromatic carbocycles. The van der Waals surface area contributed by atoms with Crippen molar-refractivity contribution in [3.05, 3.63) is 54.6 Å². The number of amides is 1. The number of Topliss-reactive ketones (excluding diaryl/α,β-unsaturated/α-hetero) is 1. The van der Waals surface area contributed by atoms with E-state index in [0.717, 1.165) is 11.3 Å². The molecule has 5 nitrogen and oxygen atoms in total. The van der Waals surface area contributed by atoms with E-state index in [0.29, 0.717) is 41.5 Å². The lowest BCUT2D eigenvalue weighted by molar-refractivity contribution is 0.0752. The van der Waals surface area contributed by atoms with Gasteiger partial charge in [0.15, 0.2) is 5.78 Å². The minimum atomic E-state index is -0.434. The van der Waals surface area contributed by atoms with E-state index in [1.54, 1.807) is 11.0 Å². The van der Waals surface area contributed by atoms with Gasteiger partial charge in [-0.1, -0.05) is 11.6 Å². The highest BCUT2D eigenvalue weighted by Gasteiger charge is 2.24. The monoisotopic (exact) mass is 364 g/mol. The summed E-state index contributed by atoms with van der Waals surface area (Å²) in [5, 5.41) is 0. The molecule has 1 aliphatic carbocycles. The fraction of sp³-hybridized carbons (Fsp3) is 0.353. The number of carbonyl (C=O) groups is 2. The number of rotatable bonds is 4. The Labute approximate surface area is 148 Å². The number of hydrogen-bond acceptors (Lipinski definition) is 4. The second kappa shape index (κ2) is 6.91.